The van der Waals surface area contributed by atoms with Crippen LogP contribution in [0.25, 0.3) is 16.7 Å². The summed E-state index contributed by atoms with van der Waals surface area (Å²) in [6.45, 7) is 9.78. The minimum atomic E-state index is -0.431. The number of ketones is 1. The predicted octanol–water partition coefficient (Wildman–Crippen LogP) is 5.38. The van der Waals surface area contributed by atoms with E-state index in [1.54, 1.807) is 12.3 Å². The molecule has 1 atom stereocenters. The van der Waals surface area contributed by atoms with Gasteiger partial charge in [-0.05, 0) is 81.1 Å². The fourth-order valence-corrected chi connectivity index (χ4v) is 4.72. The van der Waals surface area contributed by atoms with E-state index in [0.29, 0.717) is 27.4 Å². The molecule has 4 aromatic rings. The molecule has 0 radical (unpaired) electrons. The first-order valence-corrected chi connectivity index (χ1v) is 11.4. The number of aryl methyl sites for hydroxylation is 4. The van der Waals surface area contributed by atoms with Gasteiger partial charge in [-0.25, -0.2) is 14.5 Å². The van der Waals surface area contributed by atoms with Gasteiger partial charge in [0.05, 0.1) is 16.2 Å². The molecule has 0 saturated heterocycles. The van der Waals surface area contributed by atoms with E-state index >= 15 is 0 Å². The normalized spacial score (nSPS) is 12.2. The van der Waals surface area contributed by atoms with Crippen LogP contribution in [0.5, 0.6) is 0 Å². The van der Waals surface area contributed by atoms with Gasteiger partial charge >= 0.3 is 0 Å². The highest BCUT2D eigenvalue weighted by Gasteiger charge is 2.23. The summed E-state index contributed by atoms with van der Waals surface area (Å²) in [5.41, 5.74) is 5.18. The lowest BCUT2D eigenvalue weighted by atomic mass is 9.97. The van der Waals surface area contributed by atoms with Gasteiger partial charge in [0.25, 0.3) is 5.56 Å². The van der Waals surface area contributed by atoms with Gasteiger partial charge in [0, 0.05) is 11.8 Å². The molecule has 162 valence electrons. The molecule has 4 rings (SSSR count). The maximum Gasteiger partial charge on any atom is 0.267 e. The fraction of sp³-hybridized carbons (Fsp3) is 0.231. The van der Waals surface area contributed by atoms with Gasteiger partial charge in [0.15, 0.2) is 10.9 Å². The molecule has 0 aliphatic rings. The number of carbonyl (C=O) groups excluding carboxylic acids is 1. The van der Waals surface area contributed by atoms with Crippen LogP contribution in [0, 0.1) is 27.7 Å². The van der Waals surface area contributed by atoms with Gasteiger partial charge in [-0.2, -0.15) is 0 Å². The van der Waals surface area contributed by atoms with Crippen molar-refractivity contribution in [3.63, 3.8) is 0 Å². The van der Waals surface area contributed by atoms with E-state index < -0.39 is 5.25 Å². The summed E-state index contributed by atoms with van der Waals surface area (Å²) in [5, 5.41) is 0.544. The molecule has 2 aromatic carbocycles. The Labute approximate surface area is 191 Å². The number of rotatable bonds is 5. The van der Waals surface area contributed by atoms with Crippen molar-refractivity contribution in [3.05, 3.63) is 92.9 Å². The first-order chi connectivity index (χ1) is 15.3. The van der Waals surface area contributed by atoms with Crippen LogP contribution in [0.3, 0.4) is 0 Å². The summed E-state index contributed by atoms with van der Waals surface area (Å²) >= 11 is 1.29. The summed E-state index contributed by atoms with van der Waals surface area (Å²) in [7, 11) is 0. The SMILES string of the molecule is Cc1cc(C)c(C(=O)C(C)Sc2nc3ccccc3c(=O)n2-c2ncccc2C)cc1C. The molecular formula is C26H25N3O2S. The van der Waals surface area contributed by atoms with Crippen LogP contribution in [0.15, 0.2) is 64.7 Å². The topological polar surface area (TPSA) is 64.8 Å². The van der Waals surface area contributed by atoms with E-state index in [9.17, 15) is 9.59 Å². The van der Waals surface area contributed by atoms with Crippen LogP contribution in [0.4, 0.5) is 0 Å². The first kappa shape index (κ1) is 22.0. The summed E-state index contributed by atoms with van der Waals surface area (Å²) in [6, 6.07) is 15.0. The number of hydrogen-bond donors (Lipinski definition) is 0. The third kappa shape index (κ3) is 3.98. The highest BCUT2D eigenvalue weighted by Crippen LogP contribution is 2.28. The average Bonchev–Trinajstić information content (AvgIpc) is 2.77. The molecule has 0 N–H and O–H groups in total. The van der Waals surface area contributed by atoms with E-state index in [0.717, 1.165) is 22.3 Å². The lowest BCUT2D eigenvalue weighted by Gasteiger charge is -2.17. The summed E-state index contributed by atoms with van der Waals surface area (Å²) < 4.78 is 1.53. The quantitative estimate of drug-likeness (QED) is 0.235. The Hall–Kier alpha value is -3.25. The molecule has 1 unspecified atom stereocenters. The Morgan fingerprint density at radius 2 is 1.66 bits per heavy atom. The number of benzene rings is 2. The van der Waals surface area contributed by atoms with E-state index in [-0.39, 0.29) is 11.3 Å². The monoisotopic (exact) mass is 443 g/mol. The van der Waals surface area contributed by atoms with Crippen molar-refractivity contribution in [3.8, 4) is 5.82 Å². The third-order valence-electron chi connectivity index (χ3n) is 5.70. The fourth-order valence-electron chi connectivity index (χ4n) is 3.75. The van der Waals surface area contributed by atoms with Crippen LogP contribution in [0.2, 0.25) is 0 Å². The molecular weight excluding hydrogens is 418 g/mol. The van der Waals surface area contributed by atoms with Gasteiger partial charge in [0.1, 0.15) is 5.82 Å². The number of carbonyl (C=O) groups is 1. The van der Waals surface area contributed by atoms with Crippen molar-refractivity contribution in [2.24, 2.45) is 0 Å². The summed E-state index contributed by atoms with van der Waals surface area (Å²) in [5.74, 6) is 0.544. The van der Waals surface area contributed by atoms with E-state index in [2.05, 4.69) is 4.98 Å². The van der Waals surface area contributed by atoms with Crippen LogP contribution >= 0.6 is 11.8 Å². The van der Waals surface area contributed by atoms with Crippen molar-refractivity contribution in [1.29, 1.82) is 0 Å². The third-order valence-corrected chi connectivity index (χ3v) is 6.75. The molecule has 0 fully saturated rings. The van der Waals surface area contributed by atoms with Crippen molar-refractivity contribution in [1.82, 2.24) is 14.5 Å². The smallest absolute Gasteiger partial charge is 0.267 e. The van der Waals surface area contributed by atoms with Crippen LogP contribution in [0.1, 0.15) is 39.5 Å². The number of thioether (sulfide) groups is 1. The van der Waals surface area contributed by atoms with Crippen LogP contribution in [-0.4, -0.2) is 25.6 Å². The maximum absolute atomic E-state index is 13.4. The Morgan fingerprint density at radius 3 is 2.41 bits per heavy atom. The lowest BCUT2D eigenvalue weighted by Crippen LogP contribution is -2.25. The largest absolute Gasteiger partial charge is 0.293 e. The summed E-state index contributed by atoms with van der Waals surface area (Å²) in [4.78, 5) is 36.0. The van der Waals surface area contributed by atoms with Gasteiger partial charge in [-0.15, -0.1) is 0 Å². The number of nitrogens with zero attached hydrogens (tertiary/aromatic N) is 3. The van der Waals surface area contributed by atoms with Crippen LogP contribution in [-0.2, 0) is 0 Å². The Bertz CT molecular complexity index is 1410. The zero-order valence-electron chi connectivity index (χ0n) is 18.8. The van der Waals surface area contributed by atoms with Crippen molar-refractivity contribution >= 4 is 28.4 Å². The molecule has 32 heavy (non-hydrogen) atoms. The molecule has 0 amide bonds. The number of fused-ring (bicyclic) bond motifs is 1. The van der Waals surface area contributed by atoms with Crippen LogP contribution < -0.4 is 5.56 Å². The van der Waals surface area contributed by atoms with Crippen molar-refractivity contribution in [2.45, 2.75) is 45.0 Å². The van der Waals surface area contributed by atoms with Gasteiger partial charge in [-0.1, -0.05) is 36.0 Å². The number of hydrogen-bond acceptors (Lipinski definition) is 5. The predicted molar refractivity (Wildman–Crippen MR) is 130 cm³/mol. The second-order valence-electron chi connectivity index (χ2n) is 8.07. The molecule has 0 saturated carbocycles. The zero-order valence-corrected chi connectivity index (χ0v) is 19.7. The molecule has 0 bridgehead atoms. The zero-order chi connectivity index (χ0) is 23.0. The minimum absolute atomic E-state index is 0.0160. The molecule has 2 heterocycles. The average molecular weight is 444 g/mol. The highest BCUT2D eigenvalue weighted by molar-refractivity contribution is 8.00. The maximum atomic E-state index is 13.4. The van der Waals surface area contributed by atoms with E-state index in [1.807, 2.05) is 77.1 Å². The highest BCUT2D eigenvalue weighted by atomic mass is 32.2. The molecule has 0 spiro atoms. The van der Waals surface area contributed by atoms with E-state index in [1.165, 1.54) is 16.3 Å². The Kier molecular flexibility index (Phi) is 5.98. The molecule has 2 aromatic heterocycles. The first-order valence-electron chi connectivity index (χ1n) is 10.5. The Morgan fingerprint density at radius 1 is 0.938 bits per heavy atom. The molecule has 0 aliphatic carbocycles. The second-order valence-corrected chi connectivity index (χ2v) is 9.38. The molecule has 5 nitrogen and oxygen atoms in total. The van der Waals surface area contributed by atoms with Crippen molar-refractivity contribution in [2.75, 3.05) is 0 Å². The number of para-hydroxylation sites is 1. The lowest BCUT2D eigenvalue weighted by molar-refractivity contribution is 0.0993. The molecule has 6 heteroatoms. The minimum Gasteiger partial charge on any atom is -0.293 e. The number of Topliss-reactive ketones (excluding diaryl/α,β-unsaturated/α-hetero) is 1. The number of pyridine rings is 1. The van der Waals surface area contributed by atoms with Gasteiger partial charge in [0.2, 0.25) is 0 Å². The van der Waals surface area contributed by atoms with Crippen molar-refractivity contribution < 1.29 is 4.79 Å². The molecule has 0 aliphatic heterocycles. The van der Waals surface area contributed by atoms with E-state index in [4.69, 9.17) is 4.98 Å². The standard InChI is InChI=1S/C26H25N3O2S/c1-15-9-8-12-27-24(15)29-25(31)20-10-6-7-11-22(20)28-26(29)32-19(5)23(30)21-14-17(3)16(2)13-18(21)4/h6-14,19H,1-5H3. The van der Waals surface area contributed by atoms with Gasteiger partial charge in [-0.3, -0.25) is 9.59 Å². The summed E-state index contributed by atoms with van der Waals surface area (Å²) in [6.07, 6.45) is 1.66. The number of aromatic nitrogens is 3. The van der Waals surface area contributed by atoms with Gasteiger partial charge < -0.3 is 0 Å². The Balaban J connectivity index is 1.83. The second kappa shape index (κ2) is 8.71.